The zero-order valence-electron chi connectivity index (χ0n) is 19.8. The van der Waals surface area contributed by atoms with Gasteiger partial charge in [-0.3, -0.25) is 14.6 Å². The molecule has 0 amide bonds. The van der Waals surface area contributed by atoms with E-state index < -0.39 is 21.6 Å². The van der Waals surface area contributed by atoms with Crippen molar-refractivity contribution in [2.45, 2.75) is 38.1 Å². The lowest BCUT2D eigenvalue weighted by atomic mass is 9.81. The smallest absolute Gasteiger partial charge is 0.275 e. The van der Waals surface area contributed by atoms with Crippen molar-refractivity contribution >= 4 is 38.0 Å². The molecule has 2 aliphatic heterocycles. The molecule has 0 bridgehead atoms. The molecule has 1 aromatic carbocycles. The number of carbonyl (C=O) groups excluding carboxylic acids is 1. The second kappa shape index (κ2) is 8.20. The molecule has 0 fully saturated rings. The molecule has 5 rings (SSSR count). The highest BCUT2D eigenvalue weighted by atomic mass is 32.2. The lowest BCUT2D eigenvalue weighted by Crippen LogP contribution is -2.36. The molecule has 2 aromatic heterocycles. The number of aromatic nitrogens is 2. The SMILES string of the molecule is CCC1N=C2C(c3cn(C)c(=O)c4c3ccn4S(=O)(=O)c3ccc(C)cc3)=COC=C2C(C)C1=O. The first-order chi connectivity index (χ1) is 16.6. The summed E-state index contributed by atoms with van der Waals surface area (Å²) >= 11 is 0. The van der Waals surface area contributed by atoms with Crippen LogP contribution in [0.3, 0.4) is 0 Å². The molecule has 2 atom stereocenters. The van der Waals surface area contributed by atoms with Crippen LogP contribution in [0.15, 0.2) is 75.5 Å². The summed E-state index contributed by atoms with van der Waals surface area (Å²) in [5.41, 5.74) is 3.02. The topological polar surface area (TPSA) is 99.7 Å². The highest BCUT2D eigenvalue weighted by Gasteiger charge is 2.37. The van der Waals surface area contributed by atoms with Crippen molar-refractivity contribution in [2.75, 3.05) is 0 Å². The Morgan fingerprint density at radius 3 is 2.49 bits per heavy atom. The number of carbonyl (C=O) groups is 1. The van der Waals surface area contributed by atoms with E-state index in [0.29, 0.717) is 34.2 Å². The van der Waals surface area contributed by atoms with Crippen molar-refractivity contribution in [3.8, 4) is 0 Å². The van der Waals surface area contributed by atoms with Crippen LogP contribution >= 0.6 is 0 Å². The largest absolute Gasteiger partial charge is 0.472 e. The van der Waals surface area contributed by atoms with Crippen LogP contribution in [0, 0.1) is 12.8 Å². The average Bonchev–Trinajstić information content (AvgIpc) is 3.30. The summed E-state index contributed by atoms with van der Waals surface area (Å²) in [6.07, 6.45) is 6.68. The Labute approximate surface area is 202 Å². The Kier molecular flexibility index (Phi) is 5.40. The number of aryl methyl sites for hydroxylation is 2. The zero-order chi connectivity index (χ0) is 25.1. The van der Waals surface area contributed by atoms with E-state index in [1.165, 1.54) is 35.4 Å². The van der Waals surface area contributed by atoms with Gasteiger partial charge in [-0.25, -0.2) is 12.4 Å². The van der Waals surface area contributed by atoms with Crippen molar-refractivity contribution in [1.29, 1.82) is 0 Å². The van der Waals surface area contributed by atoms with Crippen LogP contribution in [0.4, 0.5) is 0 Å². The Morgan fingerprint density at radius 2 is 1.80 bits per heavy atom. The van der Waals surface area contributed by atoms with Crippen molar-refractivity contribution in [3.05, 3.63) is 82.3 Å². The highest BCUT2D eigenvalue weighted by molar-refractivity contribution is 7.90. The van der Waals surface area contributed by atoms with Gasteiger partial charge in [-0.15, -0.1) is 0 Å². The van der Waals surface area contributed by atoms with E-state index in [0.717, 1.165) is 9.54 Å². The molecule has 0 aliphatic carbocycles. The number of nitrogens with zero attached hydrogens (tertiary/aromatic N) is 3. The molecule has 35 heavy (non-hydrogen) atoms. The minimum absolute atomic E-state index is 0.0355. The van der Waals surface area contributed by atoms with Crippen LogP contribution < -0.4 is 5.56 Å². The summed E-state index contributed by atoms with van der Waals surface area (Å²) in [7, 11) is -2.44. The van der Waals surface area contributed by atoms with Gasteiger partial charge in [-0.1, -0.05) is 31.5 Å². The highest BCUT2D eigenvalue weighted by Crippen LogP contribution is 2.36. The first kappa shape index (κ1) is 23.0. The summed E-state index contributed by atoms with van der Waals surface area (Å²) in [6, 6.07) is 7.64. The van der Waals surface area contributed by atoms with Gasteiger partial charge in [0.15, 0.2) is 5.78 Å². The average molecular weight is 492 g/mol. The predicted octanol–water partition coefficient (Wildman–Crippen LogP) is 3.58. The number of hydrogen-bond acceptors (Lipinski definition) is 6. The summed E-state index contributed by atoms with van der Waals surface area (Å²) in [4.78, 5) is 30.7. The normalized spacial score (nSPS) is 20.1. The van der Waals surface area contributed by atoms with Crippen LogP contribution in [-0.4, -0.2) is 34.5 Å². The number of allylic oxidation sites excluding steroid dienone is 2. The zero-order valence-corrected chi connectivity index (χ0v) is 20.7. The molecule has 0 saturated heterocycles. The fourth-order valence-electron chi connectivity index (χ4n) is 4.61. The number of aliphatic imine (C=N–C) groups is 1. The summed E-state index contributed by atoms with van der Waals surface area (Å²) in [5.74, 6) is -0.348. The fraction of sp³-hybridized carbons (Fsp3) is 0.269. The first-order valence-electron chi connectivity index (χ1n) is 11.4. The number of hydrogen-bond donors (Lipinski definition) is 0. The van der Waals surface area contributed by atoms with E-state index >= 15 is 0 Å². The van der Waals surface area contributed by atoms with E-state index in [-0.39, 0.29) is 22.1 Å². The summed E-state index contributed by atoms with van der Waals surface area (Å²) in [5, 5.41) is 0.459. The molecule has 0 spiro atoms. The number of pyridine rings is 1. The van der Waals surface area contributed by atoms with Gasteiger partial charge in [0.2, 0.25) is 0 Å². The third-order valence-corrected chi connectivity index (χ3v) is 8.35. The van der Waals surface area contributed by atoms with Crippen molar-refractivity contribution in [3.63, 3.8) is 0 Å². The van der Waals surface area contributed by atoms with Crippen molar-refractivity contribution < 1.29 is 17.9 Å². The third kappa shape index (κ3) is 3.49. The summed E-state index contributed by atoms with van der Waals surface area (Å²) in [6.45, 7) is 5.62. The Morgan fingerprint density at radius 1 is 1.09 bits per heavy atom. The van der Waals surface area contributed by atoms with Crippen LogP contribution in [0.25, 0.3) is 16.5 Å². The Bertz CT molecular complexity index is 1640. The van der Waals surface area contributed by atoms with Crippen molar-refractivity contribution in [2.24, 2.45) is 18.0 Å². The maximum atomic E-state index is 13.5. The van der Waals surface area contributed by atoms with Crippen LogP contribution in [-0.2, 0) is 26.6 Å². The molecule has 8 nitrogen and oxygen atoms in total. The van der Waals surface area contributed by atoms with E-state index in [2.05, 4.69) is 0 Å². The van der Waals surface area contributed by atoms with Gasteiger partial charge in [0, 0.05) is 47.5 Å². The second-order valence-corrected chi connectivity index (χ2v) is 10.7. The van der Waals surface area contributed by atoms with Gasteiger partial charge in [-0.2, -0.15) is 0 Å². The van der Waals surface area contributed by atoms with E-state index in [1.807, 2.05) is 20.8 Å². The van der Waals surface area contributed by atoms with E-state index in [9.17, 15) is 18.0 Å². The molecular weight excluding hydrogens is 466 g/mol. The van der Waals surface area contributed by atoms with E-state index in [4.69, 9.17) is 9.73 Å². The lowest BCUT2D eigenvalue weighted by molar-refractivity contribution is -0.122. The second-order valence-electron chi connectivity index (χ2n) is 8.92. The van der Waals surface area contributed by atoms with Gasteiger partial charge in [0.05, 0.1) is 16.9 Å². The lowest BCUT2D eigenvalue weighted by Gasteiger charge is -2.29. The number of benzene rings is 1. The number of ketones is 1. The first-order valence-corrected chi connectivity index (χ1v) is 12.8. The molecule has 4 heterocycles. The molecule has 0 radical (unpaired) electrons. The van der Waals surface area contributed by atoms with Crippen LogP contribution in [0.5, 0.6) is 0 Å². The maximum Gasteiger partial charge on any atom is 0.275 e. The van der Waals surface area contributed by atoms with Gasteiger partial charge >= 0.3 is 0 Å². The Balaban J connectivity index is 1.73. The molecule has 0 N–H and O–H groups in total. The Hall–Kier alpha value is -3.72. The minimum atomic E-state index is -4.01. The van der Waals surface area contributed by atoms with Gasteiger partial charge in [-0.05, 0) is 31.5 Å². The number of Topliss-reactive ketones (excluding diaryl/α,β-unsaturated/α-hetero) is 1. The molecular formula is C26H25N3O5S. The maximum absolute atomic E-state index is 13.5. The van der Waals surface area contributed by atoms with Crippen molar-refractivity contribution in [1.82, 2.24) is 8.54 Å². The molecule has 2 unspecified atom stereocenters. The minimum Gasteiger partial charge on any atom is -0.472 e. The standard InChI is InChI=1S/C26H25N3O5S/c1-5-22-25(30)16(3)20-13-34-14-21(23(20)27-22)19-12-28(4)26(31)24-18(19)10-11-29(24)35(32,33)17-8-6-15(2)7-9-17/h6-14,16,22H,5H2,1-4H3. The van der Waals surface area contributed by atoms with Gasteiger partial charge in [0.1, 0.15) is 17.8 Å². The van der Waals surface area contributed by atoms with Crippen LogP contribution in [0.1, 0.15) is 31.4 Å². The molecule has 0 saturated carbocycles. The molecule has 3 aromatic rings. The molecule has 9 heteroatoms. The van der Waals surface area contributed by atoms with Gasteiger partial charge in [0.25, 0.3) is 15.6 Å². The third-order valence-electron chi connectivity index (χ3n) is 6.66. The molecule has 2 aliphatic rings. The monoisotopic (exact) mass is 491 g/mol. The van der Waals surface area contributed by atoms with Crippen LogP contribution in [0.2, 0.25) is 0 Å². The van der Waals surface area contributed by atoms with Gasteiger partial charge < -0.3 is 9.30 Å². The quantitative estimate of drug-likeness (QED) is 0.555. The molecule has 180 valence electrons. The fourth-order valence-corrected chi connectivity index (χ4v) is 5.95. The number of fused-ring (bicyclic) bond motifs is 2. The number of rotatable bonds is 4. The predicted molar refractivity (Wildman–Crippen MR) is 134 cm³/mol. The summed E-state index contributed by atoms with van der Waals surface area (Å²) < 4.78 is 34.9. The van der Waals surface area contributed by atoms with E-state index in [1.54, 1.807) is 31.4 Å². The number of ether oxygens (including phenoxy) is 1.